The number of ketones is 1. The molecule has 1 atom stereocenters. The molecule has 13 heavy (non-hydrogen) atoms. The summed E-state index contributed by atoms with van der Waals surface area (Å²) in [6.45, 7) is 3.26. The standard InChI is InChI=1S/C10H11ClO2/c1-6-3-4-8(9(13)5-6)10(11)7(2)12/h3-5,10,13H,1-2H3. The first-order chi connectivity index (χ1) is 6.02. The van der Waals surface area contributed by atoms with Crippen molar-refractivity contribution in [2.45, 2.75) is 19.2 Å². The van der Waals surface area contributed by atoms with Crippen molar-refractivity contribution in [3.05, 3.63) is 29.3 Å². The zero-order chi connectivity index (χ0) is 10.0. The molecule has 3 heteroatoms. The number of alkyl halides is 1. The Hall–Kier alpha value is -1.02. The highest BCUT2D eigenvalue weighted by Gasteiger charge is 2.16. The highest BCUT2D eigenvalue weighted by atomic mass is 35.5. The van der Waals surface area contributed by atoms with Gasteiger partial charge in [0.2, 0.25) is 0 Å². The summed E-state index contributed by atoms with van der Waals surface area (Å²) in [5.74, 6) is -0.0870. The molecule has 0 heterocycles. The quantitative estimate of drug-likeness (QED) is 0.742. The summed E-state index contributed by atoms with van der Waals surface area (Å²) < 4.78 is 0. The second-order valence-electron chi connectivity index (χ2n) is 3.04. The van der Waals surface area contributed by atoms with Crippen LogP contribution in [-0.2, 0) is 4.79 Å². The van der Waals surface area contributed by atoms with Gasteiger partial charge in [0, 0.05) is 5.56 Å². The number of hydrogen-bond donors (Lipinski definition) is 1. The normalized spacial score (nSPS) is 12.5. The van der Waals surface area contributed by atoms with Gasteiger partial charge in [0.1, 0.15) is 11.1 Å². The van der Waals surface area contributed by atoms with Gasteiger partial charge >= 0.3 is 0 Å². The number of halogens is 1. The van der Waals surface area contributed by atoms with Gasteiger partial charge in [-0.15, -0.1) is 11.6 Å². The predicted molar refractivity (Wildman–Crippen MR) is 52.1 cm³/mol. The molecule has 0 amide bonds. The van der Waals surface area contributed by atoms with E-state index in [1.165, 1.54) is 6.92 Å². The summed E-state index contributed by atoms with van der Waals surface area (Å²) in [5, 5.41) is 8.72. The van der Waals surface area contributed by atoms with Crippen LogP contribution in [0, 0.1) is 6.92 Å². The number of aromatic hydroxyl groups is 1. The van der Waals surface area contributed by atoms with Gasteiger partial charge in [0.15, 0.2) is 5.78 Å². The maximum absolute atomic E-state index is 10.9. The number of carbonyl (C=O) groups is 1. The molecule has 1 aromatic rings. The minimum absolute atomic E-state index is 0.0789. The molecule has 1 rings (SSSR count). The van der Waals surface area contributed by atoms with Crippen LogP contribution in [0.4, 0.5) is 0 Å². The van der Waals surface area contributed by atoms with Gasteiger partial charge in [-0.1, -0.05) is 12.1 Å². The van der Waals surface area contributed by atoms with Crippen molar-refractivity contribution in [1.29, 1.82) is 0 Å². The van der Waals surface area contributed by atoms with Crippen LogP contribution in [0.5, 0.6) is 5.75 Å². The van der Waals surface area contributed by atoms with E-state index >= 15 is 0 Å². The summed E-state index contributed by atoms with van der Waals surface area (Å²) in [5.41, 5.74) is 1.41. The van der Waals surface area contributed by atoms with Gasteiger partial charge in [0.05, 0.1) is 0 Å². The number of phenols is 1. The third-order valence-corrected chi connectivity index (χ3v) is 2.36. The SMILES string of the molecule is CC(=O)C(Cl)c1ccc(C)cc1O. The molecule has 0 spiro atoms. The van der Waals surface area contributed by atoms with Crippen molar-refractivity contribution in [2.24, 2.45) is 0 Å². The highest BCUT2D eigenvalue weighted by molar-refractivity contribution is 6.31. The topological polar surface area (TPSA) is 37.3 Å². The lowest BCUT2D eigenvalue weighted by molar-refractivity contribution is -0.116. The van der Waals surface area contributed by atoms with Crippen molar-refractivity contribution in [2.75, 3.05) is 0 Å². The number of aryl methyl sites for hydroxylation is 1. The Morgan fingerprint density at radius 3 is 2.62 bits per heavy atom. The first-order valence-electron chi connectivity index (χ1n) is 3.96. The molecule has 0 aliphatic heterocycles. The van der Waals surface area contributed by atoms with Gasteiger partial charge in [-0.25, -0.2) is 0 Å². The summed E-state index contributed by atoms with van der Waals surface area (Å²) in [6.07, 6.45) is 0. The van der Waals surface area contributed by atoms with E-state index in [0.29, 0.717) is 5.56 Å². The molecular weight excluding hydrogens is 188 g/mol. The van der Waals surface area contributed by atoms with E-state index in [1.54, 1.807) is 12.1 Å². The number of hydrogen-bond acceptors (Lipinski definition) is 2. The van der Waals surface area contributed by atoms with Gasteiger partial charge in [-0.3, -0.25) is 4.79 Å². The van der Waals surface area contributed by atoms with Crippen LogP contribution in [0.25, 0.3) is 0 Å². The predicted octanol–water partition coefficient (Wildman–Crippen LogP) is 2.57. The second kappa shape index (κ2) is 3.79. The van der Waals surface area contributed by atoms with E-state index in [2.05, 4.69) is 0 Å². The largest absolute Gasteiger partial charge is 0.508 e. The van der Waals surface area contributed by atoms with Crippen LogP contribution in [0.3, 0.4) is 0 Å². The molecule has 2 nitrogen and oxygen atoms in total. The smallest absolute Gasteiger partial charge is 0.152 e. The lowest BCUT2D eigenvalue weighted by atomic mass is 10.1. The first kappa shape index (κ1) is 10.1. The minimum Gasteiger partial charge on any atom is -0.508 e. The lowest BCUT2D eigenvalue weighted by Crippen LogP contribution is -2.01. The molecule has 0 aromatic heterocycles. The zero-order valence-corrected chi connectivity index (χ0v) is 8.30. The van der Waals surface area contributed by atoms with Crippen molar-refractivity contribution >= 4 is 17.4 Å². The number of Topliss-reactive ketones (excluding diaryl/α,β-unsaturated/α-hetero) is 1. The number of benzene rings is 1. The number of phenolic OH excluding ortho intramolecular Hbond substituents is 1. The molecule has 0 saturated heterocycles. The summed E-state index contributed by atoms with van der Waals surface area (Å²) in [7, 11) is 0. The number of rotatable bonds is 2. The van der Waals surface area contributed by atoms with Crippen molar-refractivity contribution in [1.82, 2.24) is 0 Å². The summed E-state index contributed by atoms with van der Waals surface area (Å²) >= 11 is 5.79. The Balaban J connectivity index is 3.08. The van der Waals surface area contributed by atoms with Crippen molar-refractivity contribution in [3.63, 3.8) is 0 Å². The Morgan fingerprint density at radius 1 is 1.54 bits per heavy atom. The van der Waals surface area contributed by atoms with E-state index in [4.69, 9.17) is 11.6 Å². The second-order valence-corrected chi connectivity index (χ2v) is 3.47. The Morgan fingerprint density at radius 2 is 2.15 bits per heavy atom. The summed E-state index contributed by atoms with van der Waals surface area (Å²) in [4.78, 5) is 10.9. The van der Waals surface area contributed by atoms with E-state index in [-0.39, 0.29) is 11.5 Å². The van der Waals surface area contributed by atoms with Crippen LogP contribution in [-0.4, -0.2) is 10.9 Å². The molecule has 0 aliphatic carbocycles. The van der Waals surface area contributed by atoms with Crippen LogP contribution in [0.2, 0.25) is 0 Å². The van der Waals surface area contributed by atoms with Gasteiger partial charge in [-0.05, 0) is 25.5 Å². The molecule has 0 radical (unpaired) electrons. The van der Waals surface area contributed by atoms with Crippen molar-refractivity contribution in [3.8, 4) is 5.75 Å². The average molecular weight is 199 g/mol. The molecule has 1 aromatic carbocycles. The van der Waals surface area contributed by atoms with E-state index in [0.717, 1.165) is 5.56 Å². The fourth-order valence-corrected chi connectivity index (χ4v) is 1.27. The van der Waals surface area contributed by atoms with Crippen LogP contribution in [0.15, 0.2) is 18.2 Å². The minimum atomic E-state index is -0.749. The van der Waals surface area contributed by atoms with Gasteiger partial charge in [-0.2, -0.15) is 0 Å². The Bertz CT molecular complexity index is 334. The highest BCUT2D eigenvalue weighted by Crippen LogP contribution is 2.29. The fraction of sp³-hybridized carbons (Fsp3) is 0.300. The lowest BCUT2D eigenvalue weighted by Gasteiger charge is -2.08. The molecule has 0 saturated carbocycles. The maximum atomic E-state index is 10.9. The average Bonchev–Trinajstić information content (AvgIpc) is 2.03. The monoisotopic (exact) mass is 198 g/mol. The zero-order valence-electron chi connectivity index (χ0n) is 7.54. The van der Waals surface area contributed by atoms with E-state index in [1.807, 2.05) is 13.0 Å². The Kier molecular flexibility index (Phi) is 2.94. The molecule has 0 bridgehead atoms. The Labute approximate surface area is 82.2 Å². The summed E-state index contributed by atoms with van der Waals surface area (Å²) in [6, 6.07) is 5.07. The third kappa shape index (κ3) is 2.22. The molecule has 70 valence electrons. The molecule has 1 unspecified atom stereocenters. The van der Waals surface area contributed by atoms with Gasteiger partial charge < -0.3 is 5.11 Å². The molecule has 0 aliphatic rings. The first-order valence-corrected chi connectivity index (χ1v) is 4.40. The fourth-order valence-electron chi connectivity index (χ4n) is 1.09. The molecular formula is C10H11ClO2. The van der Waals surface area contributed by atoms with Crippen molar-refractivity contribution < 1.29 is 9.90 Å². The third-order valence-electron chi connectivity index (χ3n) is 1.82. The maximum Gasteiger partial charge on any atom is 0.152 e. The molecule has 0 fully saturated rings. The van der Waals surface area contributed by atoms with Crippen LogP contribution < -0.4 is 0 Å². The molecule has 1 N–H and O–H groups in total. The van der Waals surface area contributed by atoms with Crippen LogP contribution >= 0.6 is 11.6 Å². The van der Waals surface area contributed by atoms with Crippen LogP contribution in [0.1, 0.15) is 23.4 Å². The van der Waals surface area contributed by atoms with E-state index < -0.39 is 5.38 Å². The van der Waals surface area contributed by atoms with Gasteiger partial charge in [0.25, 0.3) is 0 Å². The van der Waals surface area contributed by atoms with E-state index in [9.17, 15) is 9.90 Å². The number of carbonyl (C=O) groups excluding carboxylic acids is 1.